The van der Waals surface area contributed by atoms with Gasteiger partial charge in [-0.1, -0.05) is 0 Å². The van der Waals surface area contributed by atoms with Crippen molar-refractivity contribution in [2.45, 2.75) is 25.8 Å². The van der Waals surface area contributed by atoms with Crippen LogP contribution in [0.15, 0.2) is 12.3 Å². The highest BCUT2D eigenvalue weighted by atomic mass is 16.1. The van der Waals surface area contributed by atoms with E-state index in [2.05, 4.69) is 4.98 Å². The van der Waals surface area contributed by atoms with Gasteiger partial charge in [0.05, 0.1) is 11.9 Å². The summed E-state index contributed by atoms with van der Waals surface area (Å²) in [5.74, 6) is 0.533. The zero-order valence-electron chi connectivity index (χ0n) is 9.31. The predicted octanol–water partition coefficient (Wildman–Crippen LogP) is 0.426. The van der Waals surface area contributed by atoms with Gasteiger partial charge in [0.1, 0.15) is 11.9 Å². The molecule has 4 N–H and O–H groups in total. The highest BCUT2D eigenvalue weighted by Crippen LogP contribution is 2.27. The summed E-state index contributed by atoms with van der Waals surface area (Å²) in [5, 5.41) is 0. The van der Waals surface area contributed by atoms with Crippen LogP contribution in [0.4, 0.5) is 11.5 Å². The maximum atomic E-state index is 11.3. The molecule has 0 spiro atoms. The molecule has 1 unspecified atom stereocenters. The third kappa shape index (κ3) is 1.80. The fourth-order valence-electron chi connectivity index (χ4n) is 2.21. The van der Waals surface area contributed by atoms with E-state index in [1.807, 2.05) is 17.9 Å². The lowest BCUT2D eigenvalue weighted by molar-refractivity contribution is -0.119. The average Bonchev–Trinajstić information content (AvgIpc) is 2.66. The van der Waals surface area contributed by atoms with Crippen LogP contribution in [0.5, 0.6) is 0 Å². The van der Waals surface area contributed by atoms with Crippen LogP contribution in [-0.2, 0) is 4.79 Å². The lowest BCUT2D eigenvalue weighted by atomic mass is 10.2. The van der Waals surface area contributed by atoms with E-state index in [4.69, 9.17) is 11.5 Å². The molecule has 1 saturated heterocycles. The number of carbonyl (C=O) groups is 1. The maximum Gasteiger partial charge on any atom is 0.240 e. The van der Waals surface area contributed by atoms with Gasteiger partial charge in [0.25, 0.3) is 0 Å². The Hall–Kier alpha value is -1.78. The highest BCUT2D eigenvalue weighted by molar-refractivity contribution is 5.84. The standard InChI is InChI=1S/C11H16N4O/c1-7-5-8(12)6-14-11(7)15-4-2-3-9(15)10(13)16/h5-6,9H,2-4,12H2,1H3,(H2,13,16). The van der Waals surface area contributed by atoms with Crippen LogP contribution in [0.25, 0.3) is 0 Å². The molecule has 0 saturated carbocycles. The summed E-state index contributed by atoms with van der Waals surface area (Å²) in [6.45, 7) is 2.76. The molecule has 2 rings (SSSR count). The van der Waals surface area contributed by atoms with Crippen molar-refractivity contribution >= 4 is 17.4 Å². The molecule has 2 heterocycles. The summed E-state index contributed by atoms with van der Waals surface area (Å²) in [4.78, 5) is 17.5. The third-order valence-corrected chi connectivity index (χ3v) is 2.93. The van der Waals surface area contributed by atoms with E-state index in [1.54, 1.807) is 6.20 Å². The number of rotatable bonds is 2. The lowest BCUT2D eigenvalue weighted by Crippen LogP contribution is -2.41. The molecule has 1 aliphatic rings. The van der Waals surface area contributed by atoms with Crippen molar-refractivity contribution in [3.8, 4) is 0 Å². The van der Waals surface area contributed by atoms with Crippen LogP contribution in [0, 0.1) is 6.92 Å². The van der Waals surface area contributed by atoms with E-state index in [1.165, 1.54) is 0 Å². The minimum atomic E-state index is -0.282. The van der Waals surface area contributed by atoms with E-state index in [9.17, 15) is 4.79 Å². The van der Waals surface area contributed by atoms with Crippen LogP contribution in [-0.4, -0.2) is 23.5 Å². The second-order valence-corrected chi connectivity index (χ2v) is 4.16. The van der Waals surface area contributed by atoms with Crippen LogP contribution in [0.2, 0.25) is 0 Å². The number of aromatic nitrogens is 1. The number of hydrogen-bond acceptors (Lipinski definition) is 4. The first-order valence-corrected chi connectivity index (χ1v) is 5.37. The van der Waals surface area contributed by atoms with Gasteiger partial charge in [-0.25, -0.2) is 4.98 Å². The number of nitrogen functional groups attached to an aromatic ring is 1. The number of pyridine rings is 1. The molecule has 1 aromatic rings. The van der Waals surface area contributed by atoms with Gasteiger partial charge in [-0.3, -0.25) is 4.79 Å². The van der Waals surface area contributed by atoms with Crippen molar-refractivity contribution in [2.24, 2.45) is 5.73 Å². The van der Waals surface area contributed by atoms with E-state index < -0.39 is 0 Å². The van der Waals surface area contributed by atoms with Crippen molar-refractivity contribution in [3.05, 3.63) is 17.8 Å². The van der Waals surface area contributed by atoms with Gasteiger partial charge in [-0.2, -0.15) is 0 Å². The van der Waals surface area contributed by atoms with Gasteiger partial charge in [0.15, 0.2) is 0 Å². The molecular weight excluding hydrogens is 204 g/mol. The van der Waals surface area contributed by atoms with Gasteiger partial charge in [-0.05, 0) is 31.4 Å². The molecule has 86 valence electrons. The molecule has 1 aromatic heterocycles. The molecule has 5 heteroatoms. The van der Waals surface area contributed by atoms with Crippen LogP contribution < -0.4 is 16.4 Å². The molecular formula is C11H16N4O. The Morgan fingerprint density at radius 3 is 3.00 bits per heavy atom. The topological polar surface area (TPSA) is 85.2 Å². The Bertz CT molecular complexity index is 418. The second kappa shape index (κ2) is 4.00. The third-order valence-electron chi connectivity index (χ3n) is 2.93. The fourth-order valence-corrected chi connectivity index (χ4v) is 2.21. The summed E-state index contributed by atoms with van der Waals surface area (Å²) in [7, 11) is 0. The molecule has 1 fully saturated rings. The molecule has 0 aliphatic carbocycles. The molecule has 1 aliphatic heterocycles. The number of amides is 1. The van der Waals surface area contributed by atoms with Crippen molar-refractivity contribution in [2.75, 3.05) is 17.2 Å². The number of carbonyl (C=O) groups excluding carboxylic acids is 1. The number of nitrogens with two attached hydrogens (primary N) is 2. The fraction of sp³-hybridized carbons (Fsp3) is 0.455. The first kappa shape index (κ1) is 10.7. The molecule has 1 atom stereocenters. The number of aryl methyl sites for hydroxylation is 1. The molecule has 0 radical (unpaired) electrons. The number of hydrogen-bond donors (Lipinski definition) is 2. The second-order valence-electron chi connectivity index (χ2n) is 4.16. The highest BCUT2D eigenvalue weighted by Gasteiger charge is 2.30. The summed E-state index contributed by atoms with van der Waals surface area (Å²) in [6, 6.07) is 1.63. The van der Waals surface area contributed by atoms with Gasteiger partial charge < -0.3 is 16.4 Å². The lowest BCUT2D eigenvalue weighted by Gasteiger charge is -2.24. The Morgan fingerprint density at radius 2 is 2.38 bits per heavy atom. The zero-order chi connectivity index (χ0) is 11.7. The van der Waals surface area contributed by atoms with Crippen molar-refractivity contribution in [1.29, 1.82) is 0 Å². The average molecular weight is 220 g/mol. The largest absolute Gasteiger partial charge is 0.397 e. The molecule has 16 heavy (non-hydrogen) atoms. The molecule has 1 amide bonds. The summed E-state index contributed by atoms with van der Waals surface area (Å²) in [6.07, 6.45) is 3.39. The predicted molar refractivity (Wildman–Crippen MR) is 62.9 cm³/mol. The number of nitrogens with zero attached hydrogens (tertiary/aromatic N) is 2. The Balaban J connectivity index is 2.32. The van der Waals surface area contributed by atoms with Crippen molar-refractivity contribution in [1.82, 2.24) is 4.98 Å². The first-order chi connectivity index (χ1) is 7.59. The number of anilines is 2. The Labute approximate surface area is 94.4 Å². The van der Waals surface area contributed by atoms with Gasteiger partial charge >= 0.3 is 0 Å². The monoisotopic (exact) mass is 220 g/mol. The van der Waals surface area contributed by atoms with E-state index in [0.717, 1.165) is 30.8 Å². The van der Waals surface area contributed by atoms with Crippen LogP contribution in [0.3, 0.4) is 0 Å². The Morgan fingerprint density at radius 1 is 1.62 bits per heavy atom. The van der Waals surface area contributed by atoms with Gasteiger partial charge in [-0.15, -0.1) is 0 Å². The zero-order valence-corrected chi connectivity index (χ0v) is 9.31. The van der Waals surface area contributed by atoms with E-state index in [0.29, 0.717) is 5.69 Å². The molecule has 0 bridgehead atoms. The van der Waals surface area contributed by atoms with Crippen molar-refractivity contribution < 1.29 is 4.79 Å². The van der Waals surface area contributed by atoms with Crippen LogP contribution >= 0.6 is 0 Å². The molecule has 0 aromatic carbocycles. The van der Waals surface area contributed by atoms with E-state index >= 15 is 0 Å². The van der Waals surface area contributed by atoms with E-state index in [-0.39, 0.29) is 11.9 Å². The smallest absolute Gasteiger partial charge is 0.240 e. The number of primary amides is 1. The minimum absolute atomic E-state index is 0.227. The normalized spacial score (nSPS) is 20.1. The summed E-state index contributed by atoms with van der Waals surface area (Å²) >= 11 is 0. The SMILES string of the molecule is Cc1cc(N)cnc1N1CCCC1C(N)=O. The maximum absolute atomic E-state index is 11.3. The minimum Gasteiger partial charge on any atom is -0.397 e. The van der Waals surface area contributed by atoms with Crippen molar-refractivity contribution in [3.63, 3.8) is 0 Å². The van der Waals surface area contributed by atoms with Gasteiger partial charge in [0.2, 0.25) is 5.91 Å². The quantitative estimate of drug-likeness (QED) is 0.756. The first-order valence-electron chi connectivity index (χ1n) is 5.37. The molecule has 5 nitrogen and oxygen atoms in total. The Kier molecular flexibility index (Phi) is 2.68. The van der Waals surface area contributed by atoms with Crippen LogP contribution in [0.1, 0.15) is 18.4 Å². The summed E-state index contributed by atoms with van der Waals surface area (Å²) < 4.78 is 0. The van der Waals surface area contributed by atoms with Gasteiger partial charge in [0, 0.05) is 6.54 Å². The summed E-state index contributed by atoms with van der Waals surface area (Å²) in [5.41, 5.74) is 12.6.